The largest absolute Gasteiger partial charge is 0.352 e. The molecule has 0 saturated heterocycles. The van der Waals surface area contributed by atoms with Crippen LogP contribution in [0.15, 0.2) is 71.1 Å². The summed E-state index contributed by atoms with van der Waals surface area (Å²) in [6.07, 6.45) is 6.18. The number of nitrogens with zero attached hydrogens (tertiary/aromatic N) is 3. The molecule has 3 aromatic heterocycles. The number of aryl methyl sites for hydroxylation is 1. The van der Waals surface area contributed by atoms with E-state index in [-0.39, 0.29) is 10.8 Å². The molecule has 4 rings (SSSR count). The minimum atomic E-state index is -0.126. The zero-order valence-electron chi connectivity index (χ0n) is 16.2. The maximum Gasteiger partial charge on any atom is 0.313 e. The number of amides is 1. The Morgan fingerprint density at radius 3 is 2.87 bits per heavy atom. The maximum absolute atomic E-state index is 12.6. The van der Waals surface area contributed by atoms with Crippen molar-refractivity contribution >= 4 is 17.2 Å². The normalized spacial score (nSPS) is 10.8. The first-order valence-corrected chi connectivity index (χ1v) is 10.6. The number of carbonyl (C=O) groups excluding carboxylic acids is 1. The fourth-order valence-corrected chi connectivity index (χ4v) is 3.95. The van der Waals surface area contributed by atoms with Gasteiger partial charge in [-0.25, -0.2) is 4.98 Å². The van der Waals surface area contributed by atoms with E-state index in [1.54, 1.807) is 40.4 Å². The van der Waals surface area contributed by atoms with Gasteiger partial charge in [0, 0.05) is 35.4 Å². The van der Waals surface area contributed by atoms with Crippen LogP contribution in [-0.4, -0.2) is 32.2 Å². The van der Waals surface area contributed by atoms with Gasteiger partial charge in [0.2, 0.25) is 0 Å². The smallest absolute Gasteiger partial charge is 0.313 e. The van der Waals surface area contributed by atoms with Gasteiger partial charge < -0.3 is 5.32 Å². The van der Waals surface area contributed by atoms with Crippen LogP contribution in [0.4, 0.5) is 0 Å². The summed E-state index contributed by atoms with van der Waals surface area (Å²) in [5.74, 6) is 0.434. The molecule has 3 heterocycles. The summed E-state index contributed by atoms with van der Waals surface area (Å²) in [5.41, 5.74) is 3.11. The van der Waals surface area contributed by atoms with Gasteiger partial charge in [0.1, 0.15) is 5.82 Å². The number of nitrogens with one attached hydrogen (secondary N) is 2. The molecule has 1 amide bonds. The molecule has 0 aliphatic carbocycles. The second-order valence-corrected chi connectivity index (χ2v) is 7.59. The lowest BCUT2D eigenvalue weighted by Crippen LogP contribution is -2.24. The van der Waals surface area contributed by atoms with Crippen molar-refractivity contribution in [2.75, 3.05) is 6.54 Å². The minimum Gasteiger partial charge on any atom is -0.352 e. The van der Waals surface area contributed by atoms with Crippen molar-refractivity contribution < 1.29 is 4.79 Å². The van der Waals surface area contributed by atoms with Crippen LogP contribution in [0.25, 0.3) is 17.1 Å². The summed E-state index contributed by atoms with van der Waals surface area (Å²) in [6, 6.07) is 14.7. The van der Waals surface area contributed by atoms with Crippen LogP contribution in [-0.2, 0) is 6.42 Å². The number of aromatic amines is 1. The van der Waals surface area contributed by atoms with Crippen LogP contribution in [0.3, 0.4) is 0 Å². The predicted octanol–water partition coefficient (Wildman–Crippen LogP) is 3.44. The number of unbranched alkanes of at least 4 members (excludes halogenated alkanes) is 1. The Bertz CT molecular complexity index is 1170. The number of pyridine rings is 1. The Morgan fingerprint density at radius 1 is 1.13 bits per heavy atom. The van der Waals surface area contributed by atoms with E-state index >= 15 is 0 Å². The minimum absolute atomic E-state index is 0.115. The Balaban J connectivity index is 1.43. The van der Waals surface area contributed by atoms with Crippen LogP contribution >= 0.6 is 11.3 Å². The van der Waals surface area contributed by atoms with Crippen molar-refractivity contribution in [1.29, 1.82) is 0 Å². The third kappa shape index (κ3) is 4.55. The summed E-state index contributed by atoms with van der Waals surface area (Å²) in [7, 11) is 0. The average Bonchev–Trinajstić information content (AvgIpc) is 3.44. The maximum atomic E-state index is 12.6. The predicted molar refractivity (Wildman–Crippen MR) is 117 cm³/mol. The van der Waals surface area contributed by atoms with E-state index < -0.39 is 0 Å². The zero-order valence-corrected chi connectivity index (χ0v) is 17.1. The molecule has 0 bridgehead atoms. The number of aromatic nitrogens is 4. The van der Waals surface area contributed by atoms with Crippen LogP contribution < -0.4 is 10.2 Å². The second kappa shape index (κ2) is 9.32. The van der Waals surface area contributed by atoms with Crippen molar-refractivity contribution in [2.45, 2.75) is 19.3 Å². The van der Waals surface area contributed by atoms with Gasteiger partial charge in [0.05, 0.1) is 11.4 Å². The van der Waals surface area contributed by atoms with E-state index in [0.717, 1.165) is 47.6 Å². The van der Waals surface area contributed by atoms with Crippen LogP contribution in [0, 0.1) is 0 Å². The molecule has 0 aliphatic rings. The molecule has 0 unspecified atom stereocenters. The summed E-state index contributed by atoms with van der Waals surface area (Å²) in [5, 5.41) is 11.7. The monoisotopic (exact) mass is 419 g/mol. The molecule has 152 valence electrons. The van der Waals surface area contributed by atoms with Gasteiger partial charge in [-0.1, -0.05) is 29.5 Å². The molecule has 4 aromatic rings. The van der Waals surface area contributed by atoms with Gasteiger partial charge >= 0.3 is 4.87 Å². The van der Waals surface area contributed by atoms with Crippen LogP contribution in [0.5, 0.6) is 0 Å². The van der Waals surface area contributed by atoms with Gasteiger partial charge in [-0.05, 0) is 49.6 Å². The summed E-state index contributed by atoms with van der Waals surface area (Å²) >= 11 is 1.11. The Kier molecular flexibility index (Phi) is 6.14. The molecule has 0 atom stereocenters. The van der Waals surface area contributed by atoms with Crippen LogP contribution in [0.1, 0.15) is 28.9 Å². The van der Waals surface area contributed by atoms with Gasteiger partial charge in [-0.2, -0.15) is 5.10 Å². The highest BCUT2D eigenvalue weighted by Gasteiger charge is 2.13. The molecule has 1 aromatic carbocycles. The first kappa shape index (κ1) is 19.8. The van der Waals surface area contributed by atoms with Crippen molar-refractivity contribution in [1.82, 2.24) is 25.1 Å². The lowest BCUT2D eigenvalue weighted by Gasteiger charge is -2.09. The molecule has 2 N–H and O–H groups in total. The first-order valence-electron chi connectivity index (χ1n) is 9.71. The lowest BCUT2D eigenvalue weighted by atomic mass is 10.1. The number of H-pyrrole nitrogens is 1. The average molecular weight is 420 g/mol. The highest BCUT2D eigenvalue weighted by atomic mass is 32.1. The van der Waals surface area contributed by atoms with Crippen molar-refractivity contribution in [3.8, 4) is 17.1 Å². The quantitative estimate of drug-likeness (QED) is 0.428. The van der Waals surface area contributed by atoms with E-state index in [1.165, 1.54) is 0 Å². The molecular formula is C22H21N5O2S. The SMILES string of the molecule is O=C(NCCCCc1cc[nH]n1)c1cccc(-c2csc(=O)n2-c2ccccn2)c1. The highest BCUT2D eigenvalue weighted by Crippen LogP contribution is 2.23. The standard InChI is InChI=1S/C22H21N5O2S/c28-21(24-12-3-1-8-18-10-13-25-26-18)17-7-5-6-16(14-17)19-15-30-22(29)27(19)20-9-2-4-11-23-20/h2,4-7,9-11,13-15H,1,3,8,12H2,(H,24,28)(H,25,26). The highest BCUT2D eigenvalue weighted by molar-refractivity contribution is 7.07. The van der Waals surface area contributed by atoms with Crippen molar-refractivity contribution in [2.24, 2.45) is 0 Å². The molecule has 0 radical (unpaired) electrons. The van der Waals surface area contributed by atoms with Crippen molar-refractivity contribution in [3.63, 3.8) is 0 Å². The Labute approximate surface area is 177 Å². The van der Waals surface area contributed by atoms with Crippen LogP contribution in [0.2, 0.25) is 0 Å². The van der Waals surface area contributed by atoms with E-state index in [0.29, 0.717) is 17.9 Å². The summed E-state index contributed by atoms with van der Waals surface area (Å²) in [4.78, 5) is 29.1. The fourth-order valence-electron chi connectivity index (χ4n) is 3.20. The number of rotatable bonds is 8. The van der Waals surface area contributed by atoms with Gasteiger partial charge in [0.25, 0.3) is 5.91 Å². The Hall–Kier alpha value is -3.52. The number of hydrogen-bond donors (Lipinski definition) is 2. The van der Waals surface area contributed by atoms with E-state index in [4.69, 9.17) is 0 Å². The summed E-state index contributed by atoms with van der Waals surface area (Å²) in [6.45, 7) is 0.602. The van der Waals surface area contributed by atoms with Gasteiger partial charge in [0.15, 0.2) is 0 Å². The molecule has 0 aliphatic heterocycles. The fraction of sp³-hybridized carbons (Fsp3) is 0.182. The number of benzene rings is 1. The second-order valence-electron chi connectivity index (χ2n) is 6.77. The molecule has 0 spiro atoms. The first-order chi connectivity index (χ1) is 14.7. The van der Waals surface area contributed by atoms with Gasteiger partial charge in [-0.15, -0.1) is 0 Å². The molecule has 0 fully saturated rings. The van der Waals surface area contributed by atoms with Crippen molar-refractivity contribution in [3.05, 3.63) is 87.2 Å². The van der Waals surface area contributed by atoms with E-state index in [2.05, 4.69) is 20.5 Å². The topological polar surface area (TPSA) is 92.7 Å². The van der Waals surface area contributed by atoms with E-state index in [1.807, 2.05) is 30.5 Å². The molecular weight excluding hydrogens is 398 g/mol. The van der Waals surface area contributed by atoms with E-state index in [9.17, 15) is 9.59 Å². The Morgan fingerprint density at radius 2 is 2.07 bits per heavy atom. The summed E-state index contributed by atoms with van der Waals surface area (Å²) < 4.78 is 1.57. The third-order valence-electron chi connectivity index (χ3n) is 4.70. The number of thiazole rings is 1. The lowest BCUT2D eigenvalue weighted by molar-refractivity contribution is 0.0953. The molecule has 30 heavy (non-hydrogen) atoms. The number of carbonyl (C=O) groups is 1. The van der Waals surface area contributed by atoms with Gasteiger partial charge in [-0.3, -0.25) is 19.3 Å². The zero-order chi connectivity index (χ0) is 20.8. The third-order valence-corrected chi connectivity index (χ3v) is 5.42. The molecule has 0 saturated carbocycles. The number of hydrogen-bond acceptors (Lipinski definition) is 5. The molecule has 7 nitrogen and oxygen atoms in total. The molecule has 8 heteroatoms.